The number of carbonyl (C=O) groups excluding carboxylic acids is 3. The van der Waals surface area contributed by atoms with Crippen molar-refractivity contribution in [1.82, 2.24) is 14.7 Å². The van der Waals surface area contributed by atoms with Crippen molar-refractivity contribution in [3.8, 4) is 0 Å². The summed E-state index contributed by atoms with van der Waals surface area (Å²) >= 11 is 0. The molecule has 1 unspecified atom stereocenters. The first-order valence-electron chi connectivity index (χ1n) is 17.0. The van der Waals surface area contributed by atoms with Gasteiger partial charge in [0.2, 0.25) is 17.7 Å². The summed E-state index contributed by atoms with van der Waals surface area (Å²) in [6.45, 7) is 13.4. The first kappa shape index (κ1) is 33.2. The fraction of sp³-hybridized carbons (Fsp3) is 0.513. The van der Waals surface area contributed by atoms with Crippen molar-refractivity contribution in [3.05, 3.63) is 96.1 Å². The number of amides is 3. The Morgan fingerprint density at radius 3 is 2.11 bits per heavy atom. The Hall–Kier alpha value is -3.75. The van der Waals surface area contributed by atoms with E-state index >= 15 is 9.59 Å². The molecule has 2 saturated heterocycles. The number of nitrogens with zero attached hydrogens (tertiary/aromatic N) is 3. The maximum atomic E-state index is 15.2. The van der Waals surface area contributed by atoms with Crippen LogP contribution in [0.1, 0.15) is 71.6 Å². The average Bonchev–Trinajstić information content (AvgIpc) is 3.31. The van der Waals surface area contributed by atoms with Gasteiger partial charge < -0.3 is 24.5 Å². The molecule has 2 fully saturated rings. The highest BCUT2D eigenvalue weighted by Gasteiger charge is 2.76. The van der Waals surface area contributed by atoms with Crippen LogP contribution < -0.4 is 0 Å². The molecule has 4 aliphatic heterocycles. The van der Waals surface area contributed by atoms with Crippen LogP contribution in [0.3, 0.4) is 0 Å². The minimum atomic E-state index is -1.40. The Morgan fingerprint density at radius 1 is 0.851 bits per heavy atom. The summed E-state index contributed by atoms with van der Waals surface area (Å²) < 4.78 is 7.20. The molecule has 250 valence electrons. The highest BCUT2D eigenvalue weighted by molar-refractivity contribution is 6.00. The summed E-state index contributed by atoms with van der Waals surface area (Å²) in [6, 6.07) is 17.3. The maximum absolute atomic E-state index is 15.2. The van der Waals surface area contributed by atoms with Gasteiger partial charge in [-0.15, -0.1) is 0 Å². The third-order valence-corrected chi connectivity index (χ3v) is 10.6. The van der Waals surface area contributed by atoms with Gasteiger partial charge in [0.25, 0.3) is 0 Å². The van der Waals surface area contributed by atoms with E-state index in [4.69, 9.17) is 4.74 Å². The lowest BCUT2D eigenvalue weighted by Gasteiger charge is -2.46. The number of likely N-dealkylation sites (tertiary alicyclic amines) is 1. The fourth-order valence-electron chi connectivity index (χ4n) is 9.00. The van der Waals surface area contributed by atoms with E-state index < -0.39 is 40.7 Å². The minimum Gasteiger partial charge on any atom is -0.394 e. The molecular formula is C39H49N3O5. The third-order valence-electron chi connectivity index (χ3n) is 10.6. The number of benzene rings is 2. The number of aliphatic hydroxyl groups is 1. The largest absolute Gasteiger partial charge is 0.394 e. The molecule has 4 aliphatic rings. The zero-order chi connectivity index (χ0) is 33.8. The minimum absolute atomic E-state index is 0.0639. The second-order valence-electron chi connectivity index (χ2n) is 15.5. The number of ether oxygens (including phenoxy) is 1. The molecule has 1 spiro atoms. The lowest BCUT2D eigenvalue weighted by molar-refractivity contribution is -0.160. The smallest absolute Gasteiger partial charge is 0.249 e. The zero-order valence-electron chi connectivity index (χ0n) is 28.6. The van der Waals surface area contributed by atoms with E-state index in [0.717, 1.165) is 17.5 Å². The molecule has 0 aromatic heterocycles. The predicted molar refractivity (Wildman–Crippen MR) is 181 cm³/mol. The predicted octanol–water partition coefficient (Wildman–Crippen LogP) is 5.29. The zero-order valence-corrected chi connectivity index (χ0v) is 28.6. The van der Waals surface area contributed by atoms with Crippen LogP contribution in [-0.2, 0) is 25.7 Å². The van der Waals surface area contributed by atoms with Crippen LogP contribution in [0.4, 0.5) is 0 Å². The SMILES string of the molecule is CC[C@]12C=CCN(Cc3ccccc3)C(=O)[C@H]1[C@H]1C(=O)N([C@H](CO)c3ccccc3)C3C(=O)N(C(C)(C)CC(C)(C)C)CC=C[C@@]31O2. The van der Waals surface area contributed by atoms with E-state index in [9.17, 15) is 9.90 Å². The molecular weight excluding hydrogens is 590 g/mol. The number of hydrogen-bond donors (Lipinski definition) is 1. The Bertz CT molecular complexity index is 1560. The Labute approximate surface area is 279 Å². The molecule has 3 amide bonds. The molecule has 4 heterocycles. The van der Waals surface area contributed by atoms with Crippen molar-refractivity contribution in [2.45, 2.75) is 89.8 Å². The summed E-state index contributed by atoms with van der Waals surface area (Å²) in [6.07, 6.45) is 8.98. The van der Waals surface area contributed by atoms with Gasteiger partial charge in [0.05, 0.1) is 30.1 Å². The lowest BCUT2D eigenvalue weighted by Crippen LogP contribution is -2.60. The average molecular weight is 640 g/mol. The van der Waals surface area contributed by atoms with Crippen LogP contribution >= 0.6 is 0 Å². The van der Waals surface area contributed by atoms with Crippen LogP contribution in [0.2, 0.25) is 0 Å². The number of carbonyl (C=O) groups is 3. The van der Waals surface area contributed by atoms with Gasteiger partial charge in [0.15, 0.2) is 0 Å². The maximum Gasteiger partial charge on any atom is 0.249 e. The molecule has 8 nitrogen and oxygen atoms in total. The van der Waals surface area contributed by atoms with Gasteiger partial charge in [-0.1, -0.05) is 113 Å². The van der Waals surface area contributed by atoms with Crippen molar-refractivity contribution >= 4 is 17.7 Å². The van der Waals surface area contributed by atoms with Gasteiger partial charge in [-0.25, -0.2) is 0 Å². The molecule has 0 radical (unpaired) electrons. The van der Waals surface area contributed by atoms with E-state index in [1.807, 2.05) is 96.8 Å². The first-order chi connectivity index (χ1) is 22.3. The van der Waals surface area contributed by atoms with E-state index in [1.54, 1.807) is 9.80 Å². The lowest BCUT2D eigenvalue weighted by atomic mass is 9.72. The van der Waals surface area contributed by atoms with Crippen molar-refractivity contribution in [2.24, 2.45) is 17.3 Å². The first-order valence-corrected chi connectivity index (χ1v) is 17.0. The molecule has 1 N–H and O–H groups in total. The molecule has 8 heteroatoms. The topological polar surface area (TPSA) is 90.4 Å². The van der Waals surface area contributed by atoms with Crippen molar-refractivity contribution in [2.75, 3.05) is 19.7 Å². The van der Waals surface area contributed by atoms with Crippen LogP contribution in [-0.4, -0.2) is 80.0 Å². The standard InChI is InChI=1S/C39H49N3O5/c1-7-38-20-14-22-40(24-27-16-10-8-11-17-27)33(44)30(38)31-34(45)42(29(25-43)28-18-12-9-13-19-28)32-35(46)41(23-15-21-39(31,32)47-38)37(5,6)26-36(2,3)4/h8-21,29-32,43H,7,22-26H2,1-6H3/t29-,30-,31+,32?,38+,39+/m1/s1. The van der Waals surface area contributed by atoms with Crippen LogP contribution in [0.15, 0.2) is 85.0 Å². The molecule has 0 aliphatic carbocycles. The van der Waals surface area contributed by atoms with Crippen LogP contribution in [0, 0.1) is 17.3 Å². The molecule has 0 bridgehead atoms. The van der Waals surface area contributed by atoms with E-state index in [-0.39, 0.29) is 29.7 Å². The monoisotopic (exact) mass is 639 g/mol. The van der Waals surface area contributed by atoms with Gasteiger partial charge in [-0.05, 0) is 43.2 Å². The number of rotatable bonds is 8. The summed E-state index contributed by atoms with van der Waals surface area (Å²) in [7, 11) is 0. The van der Waals surface area contributed by atoms with E-state index in [2.05, 4.69) is 34.6 Å². The van der Waals surface area contributed by atoms with E-state index in [1.165, 1.54) is 0 Å². The van der Waals surface area contributed by atoms with Crippen LogP contribution in [0.25, 0.3) is 0 Å². The molecule has 2 aromatic rings. The third kappa shape index (κ3) is 5.53. The Balaban J connectivity index is 1.51. The summed E-state index contributed by atoms with van der Waals surface area (Å²) in [5.74, 6) is -2.53. The van der Waals surface area contributed by atoms with Crippen molar-refractivity contribution in [3.63, 3.8) is 0 Å². The Kier molecular flexibility index (Phi) is 8.50. The second kappa shape index (κ2) is 12.0. The summed E-state index contributed by atoms with van der Waals surface area (Å²) in [5, 5.41) is 10.9. The molecule has 0 saturated carbocycles. The van der Waals surface area contributed by atoms with Gasteiger partial charge in [-0.3, -0.25) is 14.4 Å². The Morgan fingerprint density at radius 2 is 1.49 bits per heavy atom. The van der Waals surface area contributed by atoms with Gasteiger partial charge >= 0.3 is 0 Å². The van der Waals surface area contributed by atoms with Crippen molar-refractivity contribution < 1.29 is 24.2 Å². The molecule has 6 atom stereocenters. The fourth-order valence-corrected chi connectivity index (χ4v) is 9.00. The van der Waals surface area contributed by atoms with Gasteiger partial charge in [0.1, 0.15) is 11.6 Å². The molecule has 47 heavy (non-hydrogen) atoms. The normalized spacial score (nSPS) is 29.8. The number of fused-ring (bicyclic) bond motifs is 2. The summed E-state index contributed by atoms with van der Waals surface area (Å²) in [5.41, 5.74) is -1.37. The highest BCUT2D eigenvalue weighted by atomic mass is 16.5. The number of hydrogen-bond acceptors (Lipinski definition) is 5. The van der Waals surface area contributed by atoms with Crippen LogP contribution in [0.5, 0.6) is 0 Å². The van der Waals surface area contributed by atoms with Gasteiger partial charge in [-0.2, -0.15) is 0 Å². The second-order valence-corrected chi connectivity index (χ2v) is 15.5. The highest BCUT2D eigenvalue weighted by Crippen LogP contribution is 2.60. The summed E-state index contributed by atoms with van der Waals surface area (Å²) in [4.78, 5) is 50.3. The molecule has 6 rings (SSSR count). The van der Waals surface area contributed by atoms with E-state index in [0.29, 0.717) is 26.1 Å². The van der Waals surface area contributed by atoms with Crippen molar-refractivity contribution in [1.29, 1.82) is 0 Å². The van der Waals surface area contributed by atoms with Gasteiger partial charge in [0, 0.05) is 25.2 Å². The quantitative estimate of drug-likeness (QED) is 0.397. The number of aliphatic hydroxyl groups excluding tert-OH is 1. The molecule has 2 aromatic carbocycles.